The highest BCUT2D eigenvalue weighted by Gasteiger charge is 2.22. The molecule has 0 aliphatic carbocycles. The first-order chi connectivity index (χ1) is 10.1. The van der Waals surface area contributed by atoms with Crippen LogP contribution in [0.15, 0.2) is 22.7 Å². The third-order valence-electron chi connectivity index (χ3n) is 4.32. The van der Waals surface area contributed by atoms with Crippen molar-refractivity contribution in [2.75, 3.05) is 38.6 Å². The van der Waals surface area contributed by atoms with Crippen molar-refractivity contribution in [3.8, 4) is 0 Å². The van der Waals surface area contributed by atoms with Crippen LogP contribution in [0.1, 0.15) is 31.7 Å². The zero-order chi connectivity index (χ0) is 15.2. The van der Waals surface area contributed by atoms with Crippen LogP contribution in [0.25, 0.3) is 0 Å². The van der Waals surface area contributed by atoms with Crippen molar-refractivity contribution >= 4 is 21.6 Å². The minimum Gasteiger partial charge on any atom is -0.371 e. The van der Waals surface area contributed by atoms with Gasteiger partial charge in [0.05, 0.1) is 0 Å². The molecule has 0 bridgehead atoms. The summed E-state index contributed by atoms with van der Waals surface area (Å²) in [5.74, 6) is 0. The lowest BCUT2D eigenvalue weighted by Gasteiger charge is -2.37. The molecule has 1 fully saturated rings. The van der Waals surface area contributed by atoms with Gasteiger partial charge in [0.25, 0.3) is 0 Å². The molecule has 0 saturated carbocycles. The van der Waals surface area contributed by atoms with E-state index in [-0.39, 0.29) is 0 Å². The maximum Gasteiger partial charge on any atom is 0.0412 e. The normalized spacial score (nSPS) is 16.7. The molecule has 21 heavy (non-hydrogen) atoms. The third-order valence-corrected chi connectivity index (χ3v) is 4.81. The molecule has 1 aromatic rings. The highest BCUT2D eigenvalue weighted by Crippen LogP contribution is 2.28. The van der Waals surface area contributed by atoms with Gasteiger partial charge in [0.1, 0.15) is 0 Å². The van der Waals surface area contributed by atoms with Crippen LogP contribution in [0.2, 0.25) is 0 Å². The molecule has 0 spiro atoms. The minimum atomic E-state index is 0.735. The number of nitrogens with zero attached hydrogens (tertiary/aromatic N) is 2. The van der Waals surface area contributed by atoms with Crippen molar-refractivity contribution in [1.29, 1.82) is 0 Å². The summed E-state index contributed by atoms with van der Waals surface area (Å²) >= 11 is 3.60. The van der Waals surface area contributed by atoms with Crippen LogP contribution in [0, 0.1) is 0 Å². The number of hydrogen-bond acceptors (Lipinski definition) is 3. The SMILES string of the molecule is CCCNCc1cc(Br)ccc1N1CCC(N(C)C)CC1. The first kappa shape index (κ1) is 16.8. The fourth-order valence-corrected chi connectivity index (χ4v) is 3.44. The topological polar surface area (TPSA) is 18.5 Å². The van der Waals surface area contributed by atoms with Gasteiger partial charge in [-0.25, -0.2) is 0 Å². The molecule has 118 valence electrons. The number of benzene rings is 1. The average molecular weight is 354 g/mol. The van der Waals surface area contributed by atoms with E-state index in [4.69, 9.17) is 0 Å². The van der Waals surface area contributed by atoms with Gasteiger partial charge in [-0.2, -0.15) is 0 Å². The second-order valence-corrected chi connectivity index (χ2v) is 7.05. The van der Waals surface area contributed by atoms with Crippen LogP contribution in [0.3, 0.4) is 0 Å². The van der Waals surface area contributed by atoms with E-state index in [1.807, 2.05) is 0 Å². The zero-order valence-corrected chi connectivity index (χ0v) is 15.1. The maximum atomic E-state index is 3.60. The third kappa shape index (κ3) is 4.70. The summed E-state index contributed by atoms with van der Waals surface area (Å²) in [6, 6.07) is 7.42. The first-order valence-corrected chi connectivity index (χ1v) is 8.81. The molecule has 1 heterocycles. The van der Waals surface area contributed by atoms with Crippen LogP contribution in [-0.2, 0) is 6.54 Å². The van der Waals surface area contributed by atoms with Gasteiger partial charge in [-0.3, -0.25) is 0 Å². The number of nitrogens with one attached hydrogen (secondary N) is 1. The standard InChI is InChI=1S/C17H28BrN3/c1-4-9-19-13-14-12-15(18)5-6-17(14)21-10-7-16(8-11-21)20(2)3/h5-6,12,16,19H,4,7-11,13H2,1-3H3. The molecule has 0 aromatic heterocycles. The molecule has 0 unspecified atom stereocenters. The Labute approximate surface area is 137 Å². The van der Waals surface area contributed by atoms with Gasteiger partial charge in [-0.05, 0) is 63.7 Å². The summed E-state index contributed by atoms with van der Waals surface area (Å²) in [6.07, 6.45) is 3.69. The summed E-state index contributed by atoms with van der Waals surface area (Å²) in [7, 11) is 4.39. The molecular weight excluding hydrogens is 326 g/mol. The van der Waals surface area contributed by atoms with Gasteiger partial charge in [-0.15, -0.1) is 0 Å². The smallest absolute Gasteiger partial charge is 0.0412 e. The Morgan fingerprint density at radius 3 is 2.62 bits per heavy atom. The molecule has 1 saturated heterocycles. The van der Waals surface area contributed by atoms with E-state index in [2.05, 4.69) is 70.3 Å². The lowest BCUT2D eigenvalue weighted by molar-refractivity contribution is 0.249. The monoisotopic (exact) mass is 353 g/mol. The van der Waals surface area contributed by atoms with Crippen LogP contribution in [0.4, 0.5) is 5.69 Å². The predicted molar refractivity (Wildman–Crippen MR) is 95.1 cm³/mol. The van der Waals surface area contributed by atoms with Gasteiger partial charge in [0.15, 0.2) is 0 Å². The Balaban J connectivity index is 2.05. The molecule has 3 nitrogen and oxygen atoms in total. The van der Waals surface area contributed by atoms with E-state index in [1.165, 1.54) is 35.0 Å². The minimum absolute atomic E-state index is 0.735. The Hall–Kier alpha value is -0.580. The average Bonchev–Trinajstić information content (AvgIpc) is 2.48. The fourth-order valence-electron chi connectivity index (χ4n) is 3.03. The number of anilines is 1. The second-order valence-electron chi connectivity index (χ2n) is 6.13. The number of rotatable bonds is 6. The number of hydrogen-bond donors (Lipinski definition) is 1. The van der Waals surface area contributed by atoms with Gasteiger partial charge < -0.3 is 15.1 Å². The van der Waals surface area contributed by atoms with Gasteiger partial charge in [-0.1, -0.05) is 22.9 Å². The van der Waals surface area contributed by atoms with Gasteiger partial charge in [0.2, 0.25) is 0 Å². The van der Waals surface area contributed by atoms with Crippen molar-refractivity contribution in [2.24, 2.45) is 0 Å². The largest absolute Gasteiger partial charge is 0.371 e. The highest BCUT2D eigenvalue weighted by molar-refractivity contribution is 9.10. The molecule has 1 N–H and O–H groups in total. The van der Waals surface area contributed by atoms with Gasteiger partial charge in [0, 0.05) is 35.8 Å². The molecule has 2 rings (SSSR count). The fraction of sp³-hybridized carbons (Fsp3) is 0.647. The van der Waals surface area contributed by atoms with E-state index >= 15 is 0 Å². The van der Waals surface area contributed by atoms with E-state index in [0.29, 0.717) is 0 Å². The molecule has 0 amide bonds. The molecule has 1 aromatic carbocycles. The Bertz CT molecular complexity index is 440. The Kier molecular flexibility index (Phi) is 6.52. The molecular formula is C17H28BrN3. The zero-order valence-electron chi connectivity index (χ0n) is 13.5. The van der Waals surface area contributed by atoms with Crippen molar-refractivity contribution in [1.82, 2.24) is 10.2 Å². The Morgan fingerprint density at radius 2 is 2.00 bits per heavy atom. The highest BCUT2D eigenvalue weighted by atomic mass is 79.9. The number of halogens is 1. The van der Waals surface area contributed by atoms with E-state index in [0.717, 1.165) is 32.2 Å². The summed E-state index contributed by atoms with van der Waals surface area (Å²) in [5, 5.41) is 3.53. The van der Waals surface area contributed by atoms with E-state index in [9.17, 15) is 0 Å². The van der Waals surface area contributed by atoms with E-state index < -0.39 is 0 Å². The molecule has 1 aliphatic heterocycles. The second kappa shape index (κ2) is 8.16. The van der Waals surface area contributed by atoms with Crippen molar-refractivity contribution < 1.29 is 0 Å². The van der Waals surface area contributed by atoms with Crippen LogP contribution in [0.5, 0.6) is 0 Å². The van der Waals surface area contributed by atoms with Crippen molar-refractivity contribution in [3.05, 3.63) is 28.2 Å². The lowest BCUT2D eigenvalue weighted by Crippen LogP contribution is -2.42. The first-order valence-electron chi connectivity index (χ1n) is 8.02. The quantitative estimate of drug-likeness (QED) is 0.789. The summed E-state index contributed by atoms with van der Waals surface area (Å²) in [6.45, 7) is 6.56. The molecule has 0 atom stereocenters. The maximum absolute atomic E-state index is 3.60. The Morgan fingerprint density at radius 1 is 1.29 bits per heavy atom. The molecule has 0 radical (unpaired) electrons. The number of piperidine rings is 1. The summed E-state index contributed by atoms with van der Waals surface area (Å²) < 4.78 is 1.17. The van der Waals surface area contributed by atoms with Crippen LogP contribution >= 0.6 is 15.9 Å². The van der Waals surface area contributed by atoms with Crippen molar-refractivity contribution in [3.63, 3.8) is 0 Å². The van der Waals surface area contributed by atoms with Crippen molar-refractivity contribution in [2.45, 2.75) is 38.8 Å². The van der Waals surface area contributed by atoms with E-state index in [1.54, 1.807) is 0 Å². The molecule has 4 heteroatoms. The lowest BCUT2D eigenvalue weighted by atomic mass is 10.0. The molecule has 1 aliphatic rings. The van der Waals surface area contributed by atoms with Crippen LogP contribution < -0.4 is 10.2 Å². The van der Waals surface area contributed by atoms with Crippen LogP contribution in [-0.4, -0.2) is 44.7 Å². The summed E-state index contributed by atoms with van der Waals surface area (Å²) in [4.78, 5) is 4.91. The van der Waals surface area contributed by atoms with Gasteiger partial charge >= 0.3 is 0 Å². The summed E-state index contributed by atoms with van der Waals surface area (Å²) in [5.41, 5.74) is 2.81. The predicted octanol–water partition coefficient (Wildman–Crippen LogP) is 3.48.